The summed E-state index contributed by atoms with van der Waals surface area (Å²) in [6.45, 7) is 9.77. The van der Waals surface area contributed by atoms with Crippen molar-refractivity contribution in [3.63, 3.8) is 0 Å². The maximum absolute atomic E-state index is 7.85. The summed E-state index contributed by atoms with van der Waals surface area (Å²) in [4.78, 5) is 8.86. The molecule has 5 heteroatoms. The van der Waals surface area contributed by atoms with Crippen molar-refractivity contribution in [2.24, 2.45) is 4.99 Å². The van der Waals surface area contributed by atoms with Crippen molar-refractivity contribution < 1.29 is 4.84 Å². The third kappa shape index (κ3) is 4.75. The molecule has 90 valence electrons. The Morgan fingerprint density at radius 1 is 1.50 bits per heavy atom. The Morgan fingerprint density at radius 2 is 2.12 bits per heavy atom. The van der Waals surface area contributed by atoms with E-state index in [4.69, 9.17) is 10.2 Å². The topological polar surface area (TPSA) is 69.5 Å². The lowest BCUT2D eigenvalue weighted by Crippen LogP contribution is -2.15. The summed E-state index contributed by atoms with van der Waals surface area (Å²) in [5, 5.41) is 10.9. The fourth-order valence-corrected chi connectivity index (χ4v) is 1.10. The van der Waals surface area contributed by atoms with Crippen molar-refractivity contribution in [3.8, 4) is 0 Å². The molecule has 16 heavy (non-hydrogen) atoms. The zero-order valence-electron chi connectivity index (χ0n) is 10.3. The first kappa shape index (κ1) is 14.4. The summed E-state index contributed by atoms with van der Waals surface area (Å²) in [5.74, 6) is 1.24. The molecular weight excluding hydrogens is 204 g/mol. The number of hydrogen-bond donors (Lipinski definition) is 3. The molecule has 0 aromatic rings. The fraction of sp³-hybridized carbons (Fsp3) is 0.455. The van der Waals surface area contributed by atoms with Crippen molar-refractivity contribution in [1.82, 2.24) is 10.8 Å². The van der Waals surface area contributed by atoms with Crippen LogP contribution in [-0.4, -0.2) is 26.0 Å². The molecule has 0 fully saturated rings. The molecule has 0 amide bonds. The minimum absolute atomic E-state index is 0.344. The van der Waals surface area contributed by atoms with E-state index in [9.17, 15) is 0 Å². The van der Waals surface area contributed by atoms with Gasteiger partial charge in [0.2, 0.25) is 0 Å². The van der Waals surface area contributed by atoms with E-state index in [0.717, 1.165) is 12.1 Å². The lowest BCUT2D eigenvalue weighted by Gasteiger charge is -2.08. The molecule has 0 radical (unpaired) electrons. The molecule has 0 rings (SSSR count). The molecular formula is C11H20N4O. The van der Waals surface area contributed by atoms with Gasteiger partial charge < -0.3 is 15.6 Å². The maximum Gasteiger partial charge on any atom is 0.130 e. The molecule has 0 aliphatic carbocycles. The minimum atomic E-state index is 0.344. The van der Waals surface area contributed by atoms with E-state index in [0.29, 0.717) is 17.3 Å². The monoisotopic (exact) mass is 224 g/mol. The van der Waals surface area contributed by atoms with Crippen LogP contribution in [0.5, 0.6) is 0 Å². The maximum atomic E-state index is 7.85. The average molecular weight is 224 g/mol. The number of allylic oxidation sites excluding steroid dienone is 3. The van der Waals surface area contributed by atoms with E-state index < -0.39 is 0 Å². The summed E-state index contributed by atoms with van der Waals surface area (Å²) in [6.07, 6.45) is 1.62. The van der Waals surface area contributed by atoms with Crippen LogP contribution in [0.2, 0.25) is 0 Å². The molecule has 3 N–H and O–H groups in total. The number of rotatable bonds is 7. The number of nitrogens with one attached hydrogen (secondary N) is 3. The van der Waals surface area contributed by atoms with Crippen molar-refractivity contribution >= 4 is 12.4 Å². The van der Waals surface area contributed by atoms with Gasteiger partial charge in [-0.1, -0.05) is 0 Å². The fourth-order valence-electron chi connectivity index (χ4n) is 1.10. The first-order valence-corrected chi connectivity index (χ1v) is 5.09. The van der Waals surface area contributed by atoms with Crippen LogP contribution >= 0.6 is 0 Å². The normalized spacial score (nSPS) is 12.9. The van der Waals surface area contributed by atoms with Crippen LogP contribution in [0.3, 0.4) is 0 Å². The van der Waals surface area contributed by atoms with Crippen LogP contribution in [0, 0.1) is 5.41 Å². The molecule has 0 aliphatic heterocycles. The Kier molecular flexibility index (Phi) is 6.87. The highest BCUT2D eigenvalue weighted by atomic mass is 16.6. The van der Waals surface area contributed by atoms with Gasteiger partial charge in [-0.2, -0.15) is 5.48 Å². The van der Waals surface area contributed by atoms with E-state index in [1.165, 1.54) is 0 Å². The van der Waals surface area contributed by atoms with Gasteiger partial charge >= 0.3 is 0 Å². The molecule has 0 atom stereocenters. The first-order chi connectivity index (χ1) is 7.56. The van der Waals surface area contributed by atoms with E-state index in [1.807, 2.05) is 13.8 Å². The summed E-state index contributed by atoms with van der Waals surface area (Å²) in [5.41, 5.74) is 3.62. The van der Waals surface area contributed by atoms with Gasteiger partial charge in [-0.05, 0) is 27.5 Å². The third-order valence-corrected chi connectivity index (χ3v) is 1.87. The predicted octanol–water partition coefficient (Wildman–Crippen LogP) is 1.60. The van der Waals surface area contributed by atoms with Gasteiger partial charge in [-0.15, -0.1) is 0 Å². The van der Waals surface area contributed by atoms with Gasteiger partial charge in [-0.25, -0.2) is 4.99 Å². The van der Waals surface area contributed by atoms with Gasteiger partial charge in [0.25, 0.3) is 0 Å². The molecule has 0 spiro atoms. The van der Waals surface area contributed by atoms with E-state index in [-0.39, 0.29) is 0 Å². The lowest BCUT2D eigenvalue weighted by atomic mass is 10.1. The second-order valence-corrected chi connectivity index (χ2v) is 3.14. The second kappa shape index (κ2) is 7.64. The molecule has 0 aromatic heterocycles. The van der Waals surface area contributed by atoms with Crippen LogP contribution in [0.25, 0.3) is 0 Å². The van der Waals surface area contributed by atoms with Crippen LogP contribution in [0.1, 0.15) is 20.8 Å². The number of nitrogens with zero attached hydrogens (tertiary/aromatic N) is 1. The van der Waals surface area contributed by atoms with Gasteiger partial charge in [0.05, 0.1) is 5.71 Å². The second-order valence-electron chi connectivity index (χ2n) is 3.14. The largest absolute Gasteiger partial charge is 0.414 e. The summed E-state index contributed by atoms with van der Waals surface area (Å²) in [6, 6.07) is 0. The van der Waals surface area contributed by atoms with Crippen LogP contribution in [0.4, 0.5) is 0 Å². The van der Waals surface area contributed by atoms with Gasteiger partial charge in [0, 0.05) is 25.2 Å². The van der Waals surface area contributed by atoms with Crippen LogP contribution in [-0.2, 0) is 4.84 Å². The van der Waals surface area contributed by atoms with Crippen LogP contribution in [0.15, 0.2) is 28.2 Å². The van der Waals surface area contributed by atoms with Crippen molar-refractivity contribution in [3.05, 3.63) is 23.2 Å². The van der Waals surface area contributed by atoms with Crippen molar-refractivity contribution in [1.29, 1.82) is 5.41 Å². The molecule has 0 heterocycles. The quantitative estimate of drug-likeness (QED) is 0.349. The van der Waals surface area contributed by atoms with Crippen molar-refractivity contribution in [2.75, 3.05) is 13.6 Å². The van der Waals surface area contributed by atoms with E-state index in [2.05, 4.69) is 22.5 Å². The summed E-state index contributed by atoms with van der Waals surface area (Å²) < 4.78 is 0. The van der Waals surface area contributed by atoms with Crippen LogP contribution < -0.4 is 10.8 Å². The standard InChI is InChI=1S/C11H20N4O/c1-6-15-11(13-4)9(3)10(12)7-8(2)16-14-5/h7,12,14-15H,4,6H2,1-3,5H3/b8-7+,11-9+,12-10?. The Balaban J connectivity index is 4.82. The highest BCUT2D eigenvalue weighted by Gasteiger charge is 2.04. The Morgan fingerprint density at radius 3 is 2.56 bits per heavy atom. The Bertz CT molecular complexity index is 318. The lowest BCUT2D eigenvalue weighted by molar-refractivity contribution is 0.128. The zero-order valence-corrected chi connectivity index (χ0v) is 10.3. The third-order valence-electron chi connectivity index (χ3n) is 1.87. The summed E-state index contributed by atoms with van der Waals surface area (Å²) in [7, 11) is 1.67. The van der Waals surface area contributed by atoms with Gasteiger partial charge in [-0.3, -0.25) is 0 Å². The number of hydroxylamine groups is 1. The Hall–Kier alpha value is -1.62. The number of aliphatic imine (C=N–C) groups is 1. The zero-order chi connectivity index (χ0) is 12.6. The highest BCUT2D eigenvalue weighted by molar-refractivity contribution is 6.06. The van der Waals surface area contributed by atoms with Gasteiger partial charge in [0.15, 0.2) is 0 Å². The molecule has 0 saturated carbocycles. The van der Waals surface area contributed by atoms with Crippen molar-refractivity contribution in [2.45, 2.75) is 20.8 Å². The first-order valence-electron chi connectivity index (χ1n) is 5.09. The predicted molar refractivity (Wildman–Crippen MR) is 67.6 cm³/mol. The Labute approximate surface area is 96.8 Å². The smallest absolute Gasteiger partial charge is 0.130 e. The molecule has 5 nitrogen and oxygen atoms in total. The minimum Gasteiger partial charge on any atom is -0.414 e. The molecule has 0 aliphatic rings. The van der Waals surface area contributed by atoms with E-state index in [1.54, 1.807) is 20.0 Å². The SMILES string of the molecule is C=N/C(NCC)=C(/C)C(=N)/C=C(\C)ONC. The van der Waals surface area contributed by atoms with Gasteiger partial charge in [0.1, 0.15) is 11.6 Å². The average Bonchev–Trinajstić information content (AvgIpc) is 2.25. The summed E-state index contributed by atoms with van der Waals surface area (Å²) >= 11 is 0. The highest BCUT2D eigenvalue weighted by Crippen LogP contribution is 2.06. The molecule has 0 bridgehead atoms. The molecule has 0 saturated heterocycles. The molecule has 0 unspecified atom stereocenters. The van der Waals surface area contributed by atoms with E-state index >= 15 is 0 Å². The molecule has 0 aromatic carbocycles. The number of hydrogen-bond acceptors (Lipinski definition) is 5.